The van der Waals surface area contributed by atoms with Gasteiger partial charge in [-0.05, 0) is 75.8 Å². The molecule has 0 saturated carbocycles. The number of rotatable bonds is 2. The maximum Gasteiger partial charge on any atom is 0.189 e. The summed E-state index contributed by atoms with van der Waals surface area (Å²) in [5.74, 6) is 0. The molecule has 4 nitrogen and oxygen atoms in total. The van der Waals surface area contributed by atoms with E-state index in [1.54, 1.807) is 0 Å². The van der Waals surface area contributed by atoms with E-state index in [-0.39, 0.29) is 0 Å². The normalized spacial score (nSPS) is 14.3. The fourth-order valence-electron chi connectivity index (χ4n) is 6.63. The van der Waals surface area contributed by atoms with Crippen LogP contribution in [0.1, 0.15) is 16.7 Å². The van der Waals surface area contributed by atoms with Gasteiger partial charge in [0.05, 0.1) is 18.2 Å². The molecule has 6 aromatic rings. The largest absolute Gasteiger partial charge is 0.342 e. The molecule has 0 spiro atoms. The minimum Gasteiger partial charge on any atom is -0.342 e. The van der Waals surface area contributed by atoms with Gasteiger partial charge in [-0.3, -0.25) is 0 Å². The third-order valence-electron chi connectivity index (χ3n) is 8.40. The SMILES string of the molecule is [C-]#[N+]c1ccc2c(c1)N(c1ccc3ccc4c(N5CCc6ccc(C#N)cc65)ccc5ccc1c3c54)CC2. The zero-order chi connectivity index (χ0) is 25.4. The molecule has 178 valence electrons. The summed E-state index contributed by atoms with van der Waals surface area (Å²) in [5, 5.41) is 17.0. The molecule has 6 aromatic carbocycles. The van der Waals surface area contributed by atoms with Gasteiger partial charge in [0.1, 0.15) is 0 Å². The molecule has 4 heteroatoms. The Morgan fingerprint density at radius 3 is 1.76 bits per heavy atom. The van der Waals surface area contributed by atoms with Gasteiger partial charge >= 0.3 is 0 Å². The first-order chi connectivity index (χ1) is 18.7. The summed E-state index contributed by atoms with van der Waals surface area (Å²) in [7, 11) is 0. The van der Waals surface area contributed by atoms with Gasteiger partial charge in [0.2, 0.25) is 0 Å². The number of benzene rings is 6. The van der Waals surface area contributed by atoms with Gasteiger partial charge in [0, 0.05) is 46.6 Å². The van der Waals surface area contributed by atoms with Crippen LogP contribution >= 0.6 is 0 Å². The van der Waals surface area contributed by atoms with Crippen molar-refractivity contribution < 1.29 is 0 Å². The number of hydrogen-bond donors (Lipinski definition) is 0. The lowest BCUT2D eigenvalue weighted by molar-refractivity contribution is 1.00. The highest BCUT2D eigenvalue weighted by molar-refractivity contribution is 6.27. The summed E-state index contributed by atoms with van der Waals surface area (Å²) >= 11 is 0. The summed E-state index contributed by atoms with van der Waals surface area (Å²) in [6.07, 6.45) is 1.97. The van der Waals surface area contributed by atoms with Crippen LogP contribution in [0, 0.1) is 17.9 Å². The van der Waals surface area contributed by atoms with Crippen molar-refractivity contribution in [3.05, 3.63) is 113 Å². The molecule has 0 N–H and O–H groups in total. The molecule has 0 bridgehead atoms. The zero-order valence-corrected chi connectivity index (χ0v) is 20.7. The van der Waals surface area contributed by atoms with Gasteiger partial charge in [0.25, 0.3) is 0 Å². The molecule has 2 heterocycles. The molecule has 0 fully saturated rings. The maximum atomic E-state index is 9.50. The van der Waals surface area contributed by atoms with Gasteiger partial charge in [-0.15, -0.1) is 0 Å². The van der Waals surface area contributed by atoms with Gasteiger partial charge in [-0.25, -0.2) is 4.85 Å². The second kappa shape index (κ2) is 7.72. The lowest BCUT2D eigenvalue weighted by Crippen LogP contribution is -2.14. The number of nitrogens with zero attached hydrogens (tertiary/aromatic N) is 4. The van der Waals surface area contributed by atoms with Crippen molar-refractivity contribution in [3.63, 3.8) is 0 Å². The van der Waals surface area contributed by atoms with E-state index in [0.717, 1.165) is 37.3 Å². The van der Waals surface area contributed by atoms with Crippen molar-refractivity contribution in [3.8, 4) is 6.07 Å². The average Bonchev–Trinajstić information content (AvgIpc) is 3.59. The molecular formula is C34H22N4. The Bertz CT molecular complexity index is 1880. The lowest BCUT2D eigenvalue weighted by atomic mass is 9.92. The summed E-state index contributed by atoms with van der Waals surface area (Å²) in [5.41, 5.74) is 8.66. The van der Waals surface area contributed by atoms with Crippen molar-refractivity contribution in [2.24, 2.45) is 0 Å². The van der Waals surface area contributed by atoms with Crippen LogP contribution in [0.25, 0.3) is 37.2 Å². The molecule has 0 saturated heterocycles. The smallest absolute Gasteiger partial charge is 0.189 e. The standard InChI is InChI=1S/C34H22N4/c1-36-26-9-4-23-15-17-38(32(23)19-26)30-13-8-25-5-10-27-29(12-7-24-6-11-28(30)34(25)33(24)27)37-16-14-22-3-2-21(20-35)18-31(22)37/h2-13,18-19H,14-17H2. The van der Waals surface area contributed by atoms with Crippen LogP contribution < -0.4 is 9.80 Å². The van der Waals surface area contributed by atoms with Gasteiger partial charge in [0.15, 0.2) is 5.69 Å². The molecule has 0 unspecified atom stereocenters. The molecule has 2 aliphatic heterocycles. The minimum atomic E-state index is 0.684. The molecular weight excluding hydrogens is 464 g/mol. The van der Waals surface area contributed by atoms with Crippen LogP contribution in [0.2, 0.25) is 0 Å². The van der Waals surface area contributed by atoms with Crippen LogP contribution in [-0.2, 0) is 12.8 Å². The molecule has 0 aromatic heterocycles. The average molecular weight is 487 g/mol. The van der Waals surface area contributed by atoms with E-state index in [4.69, 9.17) is 6.57 Å². The topological polar surface area (TPSA) is 34.6 Å². The zero-order valence-electron chi connectivity index (χ0n) is 20.7. The molecule has 0 radical (unpaired) electrons. The quantitative estimate of drug-likeness (QED) is 0.182. The van der Waals surface area contributed by atoms with E-state index in [2.05, 4.69) is 81.4 Å². The second-order valence-corrected chi connectivity index (χ2v) is 10.3. The molecule has 0 aliphatic carbocycles. The third-order valence-corrected chi connectivity index (χ3v) is 8.40. The Morgan fingerprint density at radius 1 is 0.632 bits per heavy atom. The Hall–Kier alpha value is -5.06. The van der Waals surface area contributed by atoms with Gasteiger partial charge < -0.3 is 9.80 Å². The van der Waals surface area contributed by atoms with E-state index in [1.807, 2.05) is 24.3 Å². The molecule has 0 amide bonds. The number of nitriles is 1. The Balaban J connectivity index is 1.36. The van der Waals surface area contributed by atoms with Crippen molar-refractivity contribution in [1.82, 2.24) is 0 Å². The van der Waals surface area contributed by atoms with Crippen molar-refractivity contribution in [2.45, 2.75) is 12.8 Å². The summed E-state index contributed by atoms with van der Waals surface area (Å²) in [6.45, 7) is 9.32. The van der Waals surface area contributed by atoms with E-state index in [1.165, 1.54) is 54.8 Å². The lowest BCUT2D eigenvalue weighted by Gasteiger charge is -2.25. The maximum absolute atomic E-state index is 9.50. The van der Waals surface area contributed by atoms with Crippen LogP contribution in [0.4, 0.5) is 28.4 Å². The fourth-order valence-corrected chi connectivity index (χ4v) is 6.63. The number of hydrogen-bond acceptors (Lipinski definition) is 3. The van der Waals surface area contributed by atoms with Crippen molar-refractivity contribution in [1.29, 1.82) is 5.26 Å². The first kappa shape index (κ1) is 21.1. The predicted molar refractivity (Wildman–Crippen MR) is 155 cm³/mol. The van der Waals surface area contributed by atoms with Crippen LogP contribution in [-0.4, -0.2) is 13.1 Å². The van der Waals surface area contributed by atoms with E-state index in [0.29, 0.717) is 11.3 Å². The Morgan fingerprint density at radius 2 is 1.18 bits per heavy atom. The summed E-state index contributed by atoms with van der Waals surface area (Å²) < 4.78 is 0. The van der Waals surface area contributed by atoms with Crippen LogP contribution in [0.5, 0.6) is 0 Å². The first-order valence-electron chi connectivity index (χ1n) is 13.0. The second-order valence-electron chi connectivity index (χ2n) is 10.3. The predicted octanol–water partition coefficient (Wildman–Crippen LogP) is 8.39. The van der Waals surface area contributed by atoms with Crippen molar-refractivity contribution >= 4 is 60.8 Å². The molecule has 2 aliphatic rings. The van der Waals surface area contributed by atoms with Gasteiger partial charge in [-0.1, -0.05) is 54.6 Å². The summed E-state index contributed by atoms with van der Waals surface area (Å²) in [4.78, 5) is 8.45. The number of fused-ring (bicyclic) bond motifs is 2. The molecule has 38 heavy (non-hydrogen) atoms. The number of anilines is 4. The van der Waals surface area contributed by atoms with E-state index >= 15 is 0 Å². The highest BCUT2D eigenvalue weighted by atomic mass is 15.2. The highest BCUT2D eigenvalue weighted by Crippen LogP contribution is 2.47. The van der Waals surface area contributed by atoms with E-state index < -0.39 is 0 Å². The van der Waals surface area contributed by atoms with Crippen LogP contribution in [0.3, 0.4) is 0 Å². The minimum absolute atomic E-state index is 0.684. The Labute approximate surface area is 220 Å². The summed E-state index contributed by atoms with van der Waals surface area (Å²) in [6, 6.07) is 32.4. The highest BCUT2D eigenvalue weighted by Gasteiger charge is 2.26. The van der Waals surface area contributed by atoms with Gasteiger partial charge in [-0.2, -0.15) is 5.26 Å². The monoisotopic (exact) mass is 486 g/mol. The fraction of sp³-hybridized carbons (Fsp3) is 0.118. The molecule has 8 rings (SSSR count). The third kappa shape index (κ3) is 2.83. The van der Waals surface area contributed by atoms with Crippen molar-refractivity contribution in [2.75, 3.05) is 22.9 Å². The Kier molecular flexibility index (Phi) is 4.28. The van der Waals surface area contributed by atoms with Crippen LogP contribution in [0.15, 0.2) is 84.9 Å². The first-order valence-corrected chi connectivity index (χ1v) is 13.0. The van der Waals surface area contributed by atoms with E-state index in [9.17, 15) is 5.26 Å². The molecule has 0 atom stereocenters.